The molecule has 1 heterocycles. The number of benzene rings is 2. The maximum Gasteiger partial charge on any atom is 0.247 e. The average molecular weight is 433 g/mol. The number of sulfonamides is 1. The molecule has 0 unspecified atom stereocenters. The van der Waals surface area contributed by atoms with E-state index in [1.54, 1.807) is 11.4 Å². The van der Waals surface area contributed by atoms with Crippen molar-refractivity contribution in [1.29, 1.82) is 5.26 Å². The van der Waals surface area contributed by atoms with Crippen molar-refractivity contribution in [3.8, 4) is 17.6 Å². The molecule has 2 aromatic rings. The van der Waals surface area contributed by atoms with Gasteiger partial charge < -0.3 is 10.1 Å². The van der Waals surface area contributed by atoms with E-state index in [2.05, 4.69) is 0 Å². The number of carbonyl (C=O) groups is 1. The molecule has 27 heavy (non-hydrogen) atoms. The number of hydrogen-bond acceptors (Lipinski definition) is 5. The number of carbonyl (C=O) groups excluding carboxylic acids is 1. The van der Waals surface area contributed by atoms with Gasteiger partial charge in [-0.1, -0.05) is 23.2 Å². The van der Waals surface area contributed by atoms with Crippen LogP contribution in [0.25, 0.3) is 0 Å². The van der Waals surface area contributed by atoms with E-state index < -0.39 is 80.0 Å². The largest absolute Gasteiger partial charge is 0.456 e. The van der Waals surface area contributed by atoms with Crippen molar-refractivity contribution in [2.75, 3.05) is 19.5 Å². The lowest BCUT2D eigenvalue weighted by Gasteiger charge is -2.26. The number of piperazine rings is 1. The van der Waals surface area contributed by atoms with E-state index in [1.807, 2.05) is 0 Å². The Kier molecular flexibility index (Phi) is 3.50. The summed E-state index contributed by atoms with van der Waals surface area (Å²) in [5, 5.41) is 10.0. The van der Waals surface area contributed by atoms with E-state index >= 15 is 0 Å². The minimum Gasteiger partial charge on any atom is -0.456 e. The molecule has 10 heteroatoms. The van der Waals surface area contributed by atoms with E-state index in [0.717, 1.165) is 18.2 Å². The molecule has 0 radical (unpaired) electrons. The number of hydrogen-bond donors (Lipinski definition) is 1. The van der Waals surface area contributed by atoms with E-state index in [4.69, 9.17) is 37.5 Å². The van der Waals surface area contributed by atoms with E-state index in [-0.39, 0.29) is 9.87 Å². The Morgan fingerprint density at radius 2 is 2.00 bits per heavy atom. The van der Waals surface area contributed by atoms with Crippen LogP contribution in [-0.4, -0.2) is 38.2 Å². The molecule has 0 atom stereocenters. The van der Waals surface area contributed by atoms with Crippen molar-refractivity contribution >= 4 is 39.1 Å². The third kappa shape index (κ3) is 4.34. The van der Waals surface area contributed by atoms with Gasteiger partial charge in [0.05, 0.1) is 27.7 Å². The minimum atomic E-state index is -5.06. The zero-order valence-corrected chi connectivity index (χ0v) is 15.5. The van der Waals surface area contributed by atoms with Gasteiger partial charge in [-0.2, -0.15) is 9.57 Å². The standard InChI is InChI=1S/C17H13Cl2N3O4S/c18-12-6-13(19)8-14(7-12)26-15-2-1-11(9-20)5-16(15)27(24,25)22-4-3-21-17(23)10-22/h1-2,5-8H,3-4,10H2,(H,21,23)/i3D2,6D,7D,8D,10D2. The van der Waals surface area contributed by atoms with Gasteiger partial charge in [0.1, 0.15) is 16.4 Å². The molecule has 1 N–H and O–H groups in total. The normalized spacial score (nSPS) is 22.6. The quantitative estimate of drug-likeness (QED) is 0.800. The molecule has 1 fully saturated rings. The van der Waals surface area contributed by atoms with Crippen molar-refractivity contribution in [3.05, 3.63) is 51.9 Å². The smallest absolute Gasteiger partial charge is 0.247 e. The van der Waals surface area contributed by atoms with Crippen LogP contribution in [0, 0.1) is 11.3 Å². The van der Waals surface area contributed by atoms with Crippen LogP contribution in [0.2, 0.25) is 10.0 Å². The molecular weight excluding hydrogens is 413 g/mol. The molecule has 1 saturated heterocycles. The van der Waals surface area contributed by atoms with Crippen molar-refractivity contribution in [1.82, 2.24) is 9.62 Å². The minimum absolute atomic E-state index is 0.0156. The van der Waals surface area contributed by atoms with E-state index in [1.165, 1.54) is 0 Å². The highest BCUT2D eigenvalue weighted by Crippen LogP contribution is 2.34. The number of nitrogens with one attached hydrogen (secondary N) is 1. The predicted octanol–water partition coefficient (Wildman–Crippen LogP) is 2.78. The highest BCUT2D eigenvalue weighted by atomic mass is 35.5. The van der Waals surface area contributed by atoms with Gasteiger partial charge >= 0.3 is 0 Å². The summed E-state index contributed by atoms with van der Waals surface area (Å²) in [4.78, 5) is 11.3. The van der Waals surface area contributed by atoms with Gasteiger partial charge in [0.25, 0.3) is 0 Å². The Labute approximate surface area is 175 Å². The zero-order chi connectivity index (χ0) is 25.8. The average Bonchev–Trinajstić information content (AvgIpc) is 2.76. The van der Waals surface area contributed by atoms with Crippen molar-refractivity contribution in [2.24, 2.45) is 0 Å². The molecule has 0 aliphatic carbocycles. The van der Waals surface area contributed by atoms with Crippen LogP contribution in [0.4, 0.5) is 0 Å². The van der Waals surface area contributed by atoms with Crippen LogP contribution in [0.5, 0.6) is 11.5 Å². The van der Waals surface area contributed by atoms with Gasteiger partial charge in [0.2, 0.25) is 15.9 Å². The molecule has 1 amide bonds. The first kappa shape index (κ1) is 12.2. The number of halogens is 2. The van der Waals surface area contributed by atoms with E-state index in [9.17, 15) is 18.5 Å². The lowest BCUT2D eigenvalue weighted by molar-refractivity contribution is -0.122. The lowest BCUT2D eigenvalue weighted by atomic mass is 10.2. The zero-order valence-electron chi connectivity index (χ0n) is 20.1. The highest BCUT2D eigenvalue weighted by molar-refractivity contribution is 7.89. The topological polar surface area (TPSA) is 99.5 Å². The maximum absolute atomic E-state index is 13.4. The monoisotopic (exact) mass is 432 g/mol. The van der Waals surface area contributed by atoms with Crippen LogP contribution in [0.1, 0.15) is 15.2 Å². The first-order valence-electron chi connectivity index (χ1n) is 10.6. The summed E-state index contributed by atoms with van der Waals surface area (Å²) in [5.74, 6) is -2.76. The summed E-state index contributed by atoms with van der Waals surface area (Å²) in [5.41, 5.74) is -0.203. The second-order valence-electron chi connectivity index (χ2n) is 4.96. The summed E-state index contributed by atoms with van der Waals surface area (Å²) in [6.45, 7) is -6.93. The van der Waals surface area contributed by atoms with Crippen LogP contribution >= 0.6 is 23.2 Å². The van der Waals surface area contributed by atoms with Gasteiger partial charge in [-0.25, -0.2) is 8.42 Å². The molecular formula is C17H13Cl2N3O4S. The second-order valence-corrected chi connectivity index (χ2v) is 7.55. The third-order valence-corrected chi connectivity index (χ3v) is 5.22. The molecule has 0 bridgehead atoms. The molecule has 2 aromatic carbocycles. The Hall–Kier alpha value is -2.31. The second kappa shape index (κ2) is 7.74. The Morgan fingerprint density at radius 3 is 2.67 bits per heavy atom. The van der Waals surface area contributed by atoms with Crippen LogP contribution in [-0.2, 0) is 14.8 Å². The number of nitriles is 1. The van der Waals surface area contributed by atoms with Crippen LogP contribution < -0.4 is 10.1 Å². The van der Waals surface area contributed by atoms with Crippen molar-refractivity contribution in [2.45, 2.75) is 4.90 Å². The fourth-order valence-corrected chi connectivity index (χ4v) is 3.77. The number of nitrogens with zero attached hydrogens (tertiary/aromatic N) is 2. The molecule has 1 aliphatic rings. The summed E-state index contributed by atoms with van der Waals surface area (Å²) in [7, 11) is -5.06. The number of amides is 1. The number of ether oxygens (including phenoxy) is 1. The third-order valence-electron chi connectivity index (χ3n) is 3.17. The molecule has 140 valence electrons. The Bertz CT molecular complexity index is 1340. The van der Waals surface area contributed by atoms with Gasteiger partial charge in [-0.15, -0.1) is 0 Å². The first-order valence-corrected chi connectivity index (χ1v) is 9.26. The van der Waals surface area contributed by atoms with Crippen LogP contribution in [0.3, 0.4) is 0 Å². The van der Waals surface area contributed by atoms with Crippen molar-refractivity contribution < 1.29 is 27.5 Å². The van der Waals surface area contributed by atoms with Crippen LogP contribution in [0.15, 0.2) is 41.2 Å². The van der Waals surface area contributed by atoms with Gasteiger partial charge in [0.15, 0.2) is 0 Å². The summed E-state index contributed by atoms with van der Waals surface area (Å²) in [6, 6.07) is 2.81. The first-order chi connectivity index (χ1) is 15.5. The Morgan fingerprint density at radius 1 is 1.30 bits per heavy atom. The molecule has 1 aliphatic heterocycles. The summed E-state index contributed by atoms with van der Waals surface area (Å²) < 4.78 is 87.4. The molecule has 7 nitrogen and oxygen atoms in total. The van der Waals surface area contributed by atoms with Gasteiger partial charge in [-0.3, -0.25) is 4.79 Å². The molecule has 0 aromatic heterocycles. The summed E-state index contributed by atoms with van der Waals surface area (Å²) >= 11 is 11.8. The van der Waals surface area contributed by atoms with Gasteiger partial charge in [0, 0.05) is 23.1 Å². The fraction of sp³-hybridized carbons (Fsp3) is 0.176. The SMILES string of the molecule is [2H]c1c(Cl)c([2H])c(Oc2ccc(C#N)cc2S(=O)(=O)N2CC([2H])([2H])NC(=O)C2([2H])[2H])c([2H])c1Cl. The fourth-order valence-electron chi connectivity index (χ4n) is 2.05. The number of rotatable bonds is 4. The molecule has 0 spiro atoms. The summed E-state index contributed by atoms with van der Waals surface area (Å²) in [6.07, 6.45) is 0. The predicted molar refractivity (Wildman–Crippen MR) is 99.5 cm³/mol. The molecule has 3 rings (SSSR count). The molecule has 0 saturated carbocycles. The van der Waals surface area contributed by atoms with Gasteiger partial charge in [-0.05, 0) is 36.3 Å². The lowest BCUT2D eigenvalue weighted by Crippen LogP contribution is -2.49. The maximum atomic E-state index is 13.4. The highest BCUT2D eigenvalue weighted by Gasteiger charge is 2.32. The Balaban J connectivity index is 2.23. The van der Waals surface area contributed by atoms with Crippen molar-refractivity contribution in [3.63, 3.8) is 0 Å². The van der Waals surface area contributed by atoms with E-state index in [0.29, 0.717) is 0 Å².